The van der Waals surface area contributed by atoms with Crippen molar-refractivity contribution in [3.05, 3.63) is 102 Å². The highest BCUT2D eigenvalue weighted by atomic mass is 16.5. The van der Waals surface area contributed by atoms with E-state index in [1.165, 1.54) is 0 Å². The first-order valence-electron chi connectivity index (χ1n) is 12.3. The van der Waals surface area contributed by atoms with Crippen molar-refractivity contribution in [1.29, 1.82) is 0 Å². The second-order valence-electron chi connectivity index (χ2n) is 8.96. The zero-order valence-electron chi connectivity index (χ0n) is 20.8. The van der Waals surface area contributed by atoms with E-state index in [2.05, 4.69) is 10.6 Å². The Balaban J connectivity index is 1.37. The molecule has 1 fully saturated rings. The summed E-state index contributed by atoms with van der Waals surface area (Å²) in [5.74, 6) is 0.865. The van der Waals surface area contributed by atoms with Gasteiger partial charge in [-0.15, -0.1) is 0 Å². The Morgan fingerprint density at radius 3 is 2.43 bits per heavy atom. The Morgan fingerprint density at radius 2 is 1.68 bits per heavy atom. The van der Waals surface area contributed by atoms with Gasteiger partial charge in [0.1, 0.15) is 11.8 Å². The number of piperazine rings is 1. The molecule has 0 spiro atoms. The highest BCUT2D eigenvalue weighted by molar-refractivity contribution is 5.94. The van der Waals surface area contributed by atoms with Gasteiger partial charge in [-0.25, -0.2) is 4.68 Å². The van der Waals surface area contributed by atoms with Crippen molar-refractivity contribution in [2.24, 2.45) is 0 Å². The molecule has 8 nitrogen and oxygen atoms in total. The summed E-state index contributed by atoms with van der Waals surface area (Å²) in [6.07, 6.45) is 0. The number of benzene rings is 3. The van der Waals surface area contributed by atoms with E-state index in [0.29, 0.717) is 30.3 Å². The predicted octanol–water partition coefficient (Wildman–Crippen LogP) is 4.39. The van der Waals surface area contributed by atoms with Crippen LogP contribution in [0, 0.1) is 13.8 Å². The zero-order chi connectivity index (χ0) is 25.8. The minimum atomic E-state index is -0.618. The second kappa shape index (κ2) is 10.7. The van der Waals surface area contributed by atoms with Crippen LogP contribution in [-0.4, -0.2) is 46.1 Å². The van der Waals surface area contributed by atoms with Crippen LogP contribution in [0.2, 0.25) is 0 Å². The summed E-state index contributed by atoms with van der Waals surface area (Å²) in [7, 11) is 0. The van der Waals surface area contributed by atoms with Crippen LogP contribution in [0.15, 0.2) is 84.9 Å². The lowest BCUT2D eigenvalue weighted by molar-refractivity contribution is -0.130. The van der Waals surface area contributed by atoms with Crippen LogP contribution in [0.4, 0.5) is 5.69 Å². The lowest BCUT2D eigenvalue weighted by Crippen LogP contribution is -2.52. The van der Waals surface area contributed by atoms with Crippen molar-refractivity contribution >= 4 is 17.5 Å². The van der Waals surface area contributed by atoms with E-state index >= 15 is 0 Å². The third kappa shape index (κ3) is 5.24. The number of nitrogens with zero attached hydrogens (tertiary/aromatic N) is 3. The van der Waals surface area contributed by atoms with Gasteiger partial charge >= 0.3 is 0 Å². The Labute approximate surface area is 215 Å². The molecule has 0 radical (unpaired) electrons. The first-order chi connectivity index (χ1) is 18.0. The fourth-order valence-corrected chi connectivity index (χ4v) is 4.72. The molecule has 1 unspecified atom stereocenters. The summed E-state index contributed by atoms with van der Waals surface area (Å²) in [4.78, 5) is 28.2. The van der Waals surface area contributed by atoms with Crippen LogP contribution in [0.1, 0.15) is 23.0 Å². The lowest BCUT2D eigenvalue weighted by Gasteiger charge is -2.34. The number of aromatic nitrogens is 2. The van der Waals surface area contributed by atoms with Gasteiger partial charge in [0, 0.05) is 24.3 Å². The van der Waals surface area contributed by atoms with E-state index in [1.54, 1.807) is 6.07 Å². The van der Waals surface area contributed by atoms with Crippen molar-refractivity contribution in [2.45, 2.75) is 19.9 Å². The molecule has 0 aliphatic carbocycles. The van der Waals surface area contributed by atoms with E-state index in [0.717, 1.165) is 22.6 Å². The summed E-state index contributed by atoms with van der Waals surface area (Å²) in [6, 6.07) is 25.9. The maximum atomic E-state index is 13.2. The topological polar surface area (TPSA) is 88.5 Å². The van der Waals surface area contributed by atoms with Crippen LogP contribution in [0.3, 0.4) is 0 Å². The fraction of sp³-hybridized carbons (Fsp3) is 0.207. The number of anilines is 1. The normalized spacial score (nSPS) is 15.7. The predicted molar refractivity (Wildman–Crippen MR) is 142 cm³/mol. The molecular formula is C29H29N5O3. The first kappa shape index (κ1) is 24.3. The smallest absolute Gasteiger partial charge is 0.242 e. The number of ether oxygens (including phenoxy) is 1. The number of carbonyl (C=O) groups excluding carboxylic acids is 2. The van der Waals surface area contributed by atoms with Gasteiger partial charge in [-0.3, -0.25) is 14.5 Å². The molecule has 0 bridgehead atoms. The molecule has 5 rings (SSSR count). The number of carbonyl (C=O) groups is 2. The third-order valence-electron chi connectivity index (χ3n) is 6.41. The molecule has 8 heteroatoms. The molecule has 0 saturated carbocycles. The Morgan fingerprint density at radius 1 is 1.00 bits per heavy atom. The number of nitrogens with one attached hydrogen (secondary N) is 2. The second-order valence-corrected chi connectivity index (χ2v) is 8.96. The number of rotatable bonds is 7. The molecule has 2 N–H and O–H groups in total. The minimum absolute atomic E-state index is 0.0488. The molecule has 1 atom stereocenters. The quantitative estimate of drug-likeness (QED) is 0.397. The van der Waals surface area contributed by atoms with Gasteiger partial charge in [0.05, 0.1) is 23.6 Å². The summed E-state index contributed by atoms with van der Waals surface area (Å²) in [5.41, 5.74) is 3.94. The Kier molecular flexibility index (Phi) is 7.00. The summed E-state index contributed by atoms with van der Waals surface area (Å²) in [5, 5.41) is 10.6. The number of hydrogen-bond donors (Lipinski definition) is 2. The molecule has 188 valence electrons. The van der Waals surface area contributed by atoms with Crippen LogP contribution in [0.5, 0.6) is 11.5 Å². The molecule has 1 saturated heterocycles. The molecule has 2 amide bonds. The van der Waals surface area contributed by atoms with Gasteiger partial charge in [-0.1, -0.05) is 48.5 Å². The maximum absolute atomic E-state index is 13.2. The third-order valence-corrected chi connectivity index (χ3v) is 6.41. The summed E-state index contributed by atoms with van der Waals surface area (Å²) < 4.78 is 7.83. The van der Waals surface area contributed by atoms with E-state index in [-0.39, 0.29) is 18.4 Å². The standard InChI is InChI=1S/C29H29N5O3/c1-20-27(21(2)34(32-20)22-11-5-3-6-12-22)28-29(36)30-17-18-33(28)19-26(35)31-24-15-9-10-16-25(24)37-23-13-7-4-8-14-23/h3-16,28H,17-19H2,1-2H3,(H,30,36)(H,31,35). The van der Waals surface area contributed by atoms with Gasteiger partial charge in [-0.05, 0) is 50.2 Å². The molecule has 4 aromatic rings. The number of hydrogen-bond acceptors (Lipinski definition) is 5. The molecule has 1 aromatic heterocycles. The van der Waals surface area contributed by atoms with Crippen molar-refractivity contribution < 1.29 is 14.3 Å². The molecule has 1 aliphatic heterocycles. The van der Waals surface area contributed by atoms with E-state index in [4.69, 9.17) is 9.84 Å². The monoisotopic (exact) mass is 495 g/mol. The van der Waals surface area contributed by atoms with Crippen molar-refractivity contribution in [2.75, 3.05) is 25.0 Å². The lowest BCUT2D eigenvalue weighted by atomic mass is 10.00. The molecular weight excluding hydrogens is 466 g/mol. The van der Waals surface area contributed by atoms with Crippen LogP contribution >= 0.6 is 0 Å². The van der Waals surface area contributed by atoms with Crippen LogP contribution in [0.25, 0.3) is 5.69 Å². The maximum Gasteiger partial charge on any atom is 0.242 e. The van der Waals surface area contributed by atoms with E-state index in [9.17, 15) is 9.59 Å². The van der Waals surface area contributed by atoms with Crippen LogP contribution < -0.4 is 15.4 Å². The molecule has 2 heterocycles. The summed E-state index contributed by atoms with van der Waals surface area (Å²) >= 11 is 0. The molecule has 3 aromatic carbocycles. The molecule has 37 heavy (non-hydrogen) atoms. The van der Waals surface area contributed by atoms with Gasteiger partial charge in [0.2, 0.25) is 11.8 Å². The fourth-order valence-electron chi connectivity index (χ4n) is 4.72. The van der Waals surface area contributed by atoms with Crippen LogP contribution in [-0.2, 0) is 9.59 Å². The Bertz CT molecular complexity index is 1400. The van der Waals surface area contributed by atoms with Gasteiger partial charge in [-0.2, -0.15) is 5.10 Å². The van der Waals surface area contributed by atoms with Gasteiger partial charge < -0.3 is 15.4 Å². The van der Waals surface area contributed by atoms with Crippen molar-refractivity contribution in [1.82, 2.24) is 20.0 Å². The highest BCUT2D eigenvalue weighted by Crippen LogP contribution is 2.31. The molecule has 1 aliphatic rings. The van der Waals surface area contributed by atoms with Gasteiger partial charge in [0.25, 0.3) is 0 Å². The van der Waals surface area contributed by atoms with E-state index < -0.39 is 6.04 Å². The van der Waals surface area contributed by atoms with Crippen molar-refractivity contribution in [3.8, 4) is 17.2 Å². The number of aryl methyl sites for hydroxylation is 1. The van der Waals surface area contributed by atoms with E-state index in [1.807, 2.05) is 102 Å². The van der Waals surface area contributed by atoms with Gasteiger partial charge in [0.15, 0.2) is 5.75 Å². The Hall–Kier alpha value is -4.43. The first-order valence-corrected chi connectivity index (χ1v) is 12.3. The SMILES string of the molecule is Cc1nn(-c2ccccc2)c(C)c1C1C(=O)NCCN1CC(=O)Nc1ccccc1Oc1ccccc1. The largest absolute Gasteiger partial charge is 0.455 e. The number of amides is 2. The highest BCUT2D eigenvalue weighted by Gasteiger charge is 2.36. The van der Waals surface area contributed by atoms with Crippen molar-refractivity contribution in [3.63, 3.8) is 0 Å². The average molecular weight is 496 g/mol. The number of para-hydroxylation sites is 4. The average Bonchev–Trinajstić information content (AvgIpc) is 3.20. The minimum Gasteiger partial charge on any atom is -0.455 e. The summed E-state index contributed by atoms with van der Waals surface area (Å²) in [6.45, 7) is 4.93. The zero-order valence-corrected chi connectivity index (χ0v) is 20.8.